The number of aromatic nitrogens is 2. The van der Waals surface area contributed by atoms with E-state index in [0.717, 1.165) is 11.4 Å². The summed E-state index contributed by atoms with van der Waals surface area (Å²) in [6, 6.07) is 12.3. The molecule has 152 valence electrons. The van der Waals surface area contributed by atoms with Gasteiger partial charge in [0.05, 0.1) is 18.3 Å². The average Bonchev–Trinajstić information content (AvgIpc) is 3.29. The topological polar surface area (TPSA) is 88.8 Å². The van der Waals surface area contributed by atoms with Gasteiger partial charge in [-0.05, 0) is 55.0 Å². The summed E-state index contributed by atoms with van der Waals surface area (Å²) in [6.07, 6.45) is 1.59. The monoisotopic (exact) mass is 414 g/mol. The number of benzene rings is 1. The molecule has 0 aliphatic carbocycles. The van der Waals surface area contributed by atoms with E-state index < -0.39 is 10.0 Å². The molecule has 0 radical (unpaired) electrons. The Morgan fingerprint density at radius 2 is 1.83 bits per heavy atom. The lowest BCUT2D eigenvalue weighted by molar-refractivity contribution is 0.383. The predicted molar refractivity (Wildman–Crippen MR) is 108 cm³/mol. The first kappa shape index (κ1) is 19.4. The van der Waals surface area contributed by atoms with Crippen molar-refractivity contribution in [2.75, 3.05) is 38.2 Å². The van der Waals surface area contributed by atoms with Gasteiger partial charge in [0.25, 0.3) is 0 Å². The number of furan rings is 1. The van der Waals surface area contributed by atoms with Crippen LogP contribution in [0, 0.1) is 6.92 Å². The molecule has 0 bridgehead atoms. The maximum absolute atomic E-state index is 13.0. The van der Waals surface area contributed by atoms with Gasteiger partial charge in [-0.2, -0.15) is 4.31 Å². The Hall–Kier alpha value is -2.91. The molecule has 3 aromatic rings. The van der Waals surface area contributed by atoms with Gasteiger partial charge >= 0.3 is 0 Å². The van der Waals surface area contributed by atoms with Crippen LogP contribution in [-0.4, -0.2) is 56.2 Å². The summed E-state index contributed by atoms with van der Waals surface area (Å²) in [4.78, 5) is 2.32. The Morgan fingerprint density at radius 3 is 2.41 bits per heavy atom. The summed E-state index contributed by atoms with van der Waals surface area (Å²) >= 11 is 0. The molecule has 0 N–H and O–H groups in total. The van der Waals surface area contributed by atoms with Crippen molar-refractivity contribution in [1.82, 2.24) is 14.5 Å². The summed E-state index contributed by atoms with van der Waals surface area (Å²) in [5.74, 6) is 2.05. The molecule has 2 aromatic heterocycles. The SMILES string of the molecule is COc1ccc(S(=O)(=O)N2CCN(c3ccc(-c4ccco4)nn3)CC2)cc1C. The van der Waals surface area contributed by atoms with Crippen molar-refractivity contribution in [1.29, 1.82) is 0 Å². The van der Waals surface area contributed by atoms with Crippen molar-refractivity contribution in [2.24, 2.45) is 0 Å². The van der Waals surface area contributed by atoms with Gasteiger partial charge in [0, 0.05) is 26.2 Å². The van der Waals surface area contributed by atoms with Crippen molar-refractivity contribution in [3.05, 3.63) is 54.3 Å². The van der Waals surface area contributed by atoms with Crippen LogP contribution in [-0.2, 0) is 10.0 Å². The molecule has 1 saturated heterocycles. The molecule has 1 aromatic carbocycles. The highest BCUT2D eigenvalue weighted by Gasteiger charge is 2.29. The first-order valence-corrected chi connectivity index (χ1v) is 10.7. The molecule has 8 nitrogen and oxygen atoms in total. The molecule has 0 atom stereocenters. The Labute approximate surface area is 169 Å². The number of rotatable bonds is 5. The van der Waals surface area contributed by atoms with Crippen LogP contribution in [0.4, 0.5) is 5.82 Å². The normalized spacial score (nSPS) is 15.4. The number of piperazine rings is 1. The lowest BCUT2D eigenvalue weighted by Gasteiger charge is -2.34. The lowest BCUT2D eigenvalue weighted by atomic mass is 10.2. The fourth-order valence-corrected chi connectivity index (χ4v) is 4.88. The van der Waals surface area contributed by atoms with Crippen molar-refractivity contribution in [3.8, 4) is 17.2 Å². The third kappa shape index (κ3) is 3.83. The molecular formula is C20H22N4O4S. The molecule has 1 aliphatic rings. The van der Waals surface area contributed by atoms with E-state index in [1.807, 2.05) is 30.0 Å². The van der Waals surface area contributed by atoms with Crippen LogP contribution < -0.4 is 9.64 Å². The van der Waals surface area contributed by atoms with Crippen molar-refractivity contribution in [3.63, 3.8) is 0 Å². The number of anilines is 1. The molecule has 0 amide bonds. The molecule has 3 heterocycles. The van der Waals surface area contributed by atoms with Gasteiger partial charge in [0.15, 0.2) is 11.6 Å². The van der Waals surface area contributed by atoms with Gasteiger partial charge in [0.2, 0.25) is 10.0 Å². The zero-order valence-corrected chi connectivity index (χ0v) is 17.1. The maximum Gasteiger partial charge on any atom is 0.243 e. The number of methoxy groups -OCH3 is 1. The Kier molecular flexibility index (Phi) is 5.25. The van der Waals surface area contributed by atoms with Gasteiger partial charge in [-0.1, -0.05) is 0 Å². The number of aryl methyl sites for hydroxylation is 1. The van der Waals surface area contributed by atoms with Crippen molar-refractivity contribution in [2.45, 2.75) is 11.8 Å². The second kappa shape index (κ2) is 7.84. The zero-order valence-electron chi connectivity index (χ0n) is 16.3. The minimum absolute atomic E-state index is 0.284. The Bertz CT molecular complexity index is 1070. The highest BCUT2D eigenvalue weighted by atomic mass is 32.2. The first-order chi connectivity index (χ1) is 14.0. The van der Waals surface area contributed by atoms with E-state index in [0.29, 0.717) is 43.4 Å². The van der Waals surface area contributed by atoms with E-state index >= 15 is 0 Å². The standard InChI is InChI=1S/C20H22N4O4S/c1-15-14-16(5-7-18(15)27-2)29(25,26)24-11-9-23(10-12-24)20-8-6-17(21-22-20)19-4-3-13-28-19/h3-8,13-14H,9-12H2,1-2H3. The van der Waals surface area contributed by atoms with Crippen LogP contribution in [0.25, 0.3) is 11.5 Å². The van der Waals surface area contributed by atoms with Gasteiger partial charge in [0.1, 0.15) is 11.4 Å². The summed E-state index contributed by atoms with van der Waals surface area (Å²) in [6.45, 7) is 3.69. The fraction of sp³-hybridized carbons (Fsp3) is 0.300. The fourth-order valence-electron chi connectivity index (χ4n) is 3.37. The van der Waals surface area contributed by atoms with Crippen LogP contribution in [0.15, 0.2) is 58.0 Å². The molecule has 0 saturated carbocycles. The summed E-state index contributed by atoms with van der Waals surface area (Å²) in [5, 5.41) is 8.48. The van der Waals surface area contributed by atoms with Gasteiger partial charge in [-0.3, -0.25) is 0 Å². The van der Waals surface area contributed by atoms with Crippen molar-refractivity contribution >= 4 is 15.8 Å². The van der Waals surface area contributed by atoms with E-state index in [-0.39, 0.29) is 4.90 Å². The van der Waals surface area contributed by atoms with E-state index in [4.69, 9.17) is 9.15 Å². The van der Waals surface area contributed by atoms with Crippen molar-refractivity contribution < 1.29 is 17.6 Å². The van der Waals surface area contributed by atoms with Crippen LogP contribution >= 0.6 is 0 Å². The van der Waals surface area contributed by atoms with Gasteiger partial charge in [-0.25, -0.2) is 8.42 Å². The highest BCUT2D eigenvalue weighted by molar-refractivity contribution is 7.89. The van der Waals surface area contributed by atoms with E-state index in [9.17, 15) is 8.42 Å². The summed E-state index contributed by atoms with van der Waals surface area (Å²) < 4.78 is 38.0. The Morgan fingerprint density at radius 1 is 1.03 bits per heavy atom. The third-order valence-electron chi connectivity index (χ3n) is 4.99. The number of ether oxygens (including phenoxy) is 1. The zero-order chi connectivity index (χ0) is 20.4. The summed E-state index contributed by atoms with van der Waals surface area (Å²) in [7, 11) is -1.98. The average molecular weight is 414 g/mol. The number of hydrogen-bond acceptors (Lipinski definition) is 7. The minimum atomic E-state index is -3.55. The lowest BCUT2D eigenvalue weighted by Crippen LogP contribution is -2.49. The molecule has 0 unspecified atom stereocenters. The van der Waals surface area contributed by atoms with Gasteiger partial charge < -0.3 is 14.1 Å². The molecule has 4 rings (SSSR count). The van der Waals surface area contributed by atoms with E-state index in [2.05, 4.69) is 10.2 Å². The maximum atomic E-state index is 13.0. The number of hydrogen-bond donors (Lipinski definition) is 0. The molecule has 1 aliphatic heterocycles. The van der Waals surface area contributed by atoms with Crippen LogP contribution in [0.5, 0.6) is 5.75 Å². The number of sulfonamides is 1. The molecule has 1 fully saturated rings. The van der Waals surface area contributed by atoms with Crippen LogP contribution in [0.3, 0.4) is 0 Å². The van der Waals surface area contributed by atoms with Crippen LogP contribution in [0.1, 0.15) is 5.56 Å². The molecular weight excluding hydrogens is 392 g/mol. The number of nitrogens with zero attached hydrogens (tertiary/aromatic N) is 4. The smallest absolute Gasteiger partial charge is 0.243 e. The van der Waals surface area contributed by atoms with Crippen LogP contribution in [0.2, 0.25) is 0 Å². The first-order valence-electron chi connectivity index (χ1n) is 9.26. The minimum Gasteiger partial charge on any atom is -0.496 e. The second-order valence-electron chi connectivity index (χ2n) is 6.78. The highest BCUT2D eigenvalue weighted by Crippen LogP contribution is 2.25. The molecule has 0 spiro atoms. The largest absolute Gasteiger partial charge is 0.496 e. The second-order valence-corrected chi connectivity index (χ2v) is 8.71. The van der Waals surface area contributed by atoms with E-state index in [1.165, 1.54) is 4.31 Å². The Balaban J connectivity index is 1.44. The van der Waals surface area contributed by atoms with Gasteiger partial charge in [-0.15, -0.1) is 10.2 Å². The van der Waals surface area contributed by atoms with E-state index in [1.54, 1.807) is 37.6 Å². The third-order valence-corrected chi connectivity index (χ3v) is 6.89. The quantitative estimate of drug-likeness (QED) is 0.634. The molecule has 29 heavy (non-hydrogen) atoms. The molecule has 9 heteroatoms. The predicted octanol–water partition coefficient (Wildman–Crippen LogP) is 2.56. The summed E-state index contributed by atoms with van der Waals surface area (Å²) in [5.41, 5.74) is 1.45.